The lowest BCUT2D eigenvalue weighted by molar-refractivity contribution is 0.376. The van der Waals surface area contributed by atoms with Gasteiger partial charge in [-0.25, -0.2) is 0 Å². The molecule has 2 atom stereocenters. The van der Waals surface area contributed by atoms with Crippen LogP contribution in [0.5, 0.6) is 5.75 Å². The maximum atomic E-state index is 5.44. The minimum atomic E-state index is 0.553. The van der Waals surface area contributed by atoms with E-state index in [1.807, 2.05) is 12.1 Å². The van der Waals surface area contributed by atoms with Gasteiger partial charge in [-0.3, -0.25) is 0 Å². The van der Waals surface area contributed by atoms with Crippen molar-refractivity contribution < 1.29 is 4.74 Å². The van der Waals surface area contributed by atoms with E-state index in [9.17, 15) is 0 Å². The summed E-state index contributed by atoms with van der Waals surface area (Å²) in [6.07, 6.45) is 2.38. The van der Waals surface area contributed by atoms with E-state index < -0.39 is 0 Å². The molecule has 0 spiro atoms. The van der Waals surface area contributed by atoms with Crippen LogP contribution in [-0.4, -0.2) is 32.8 Å². The van der Waals surface area contributed by atoms with Gasteiger partial charge in [0, 0.05) is 18.6 Å². The minimum Gasteiger partial charge on any atom is -0.495 e. The van der Waals surface area contributed by atoms with Crippen LogP contribution in [0, 0.1) is 0 Å². The Hall–Kier alpha value is -1.22. The molecule has 1 heterocycles. The SMILES string of the molecule is CNC1CCN(c2ccccc2OC)C(C)C1. The second kappa shape index (κ2) is 5.41. The summed E-state index contributed by atoms with van der Waals surface area (Å²) in [5.41, 5.74) is 1.22. The Kier molecular flexibility index (Phi) is 3.89. The molecule has 1 N–H and O–H groups in total. The van der Waals surface area contributed by atoms with Crippen LogP contribution in [0.2, 0.25) is 0 Å². The van der Waals surface area contributed by atoms with E-state index in [0.717, 1.165) is 12.3 Å². The highest BCUT2D eigenvalue weighted by molar-refractivity contribution is 5.59. The summed E-state index contributed by atoms with van der Waals surface area (Å²) in [5.74, 6) is 0.974. The summed E-state index contributed by atoms with van der Waals surface area (Å²) < 4.78 is 5.44. The molecule has 2 rings (SSSR count). The number of methoxy groups -OCH3 is 1. The molecule has 0 bridgehead atoms. The Balaban J connectivity index is 2.17. The van der Waals surface area contributed by atoms with Gasteiger partial charge in [0.25, 0.3) is 0 Å². The largest absolute Gasteiger partial charge is 0.495 e. The van der Waals surface area contributed by atoms with Gasteiger partial charge in [0.15, 0.2) is 0 Å². The fraction of sp³-hybridized carbons (Fsp3) is 0.571. The molecule has 2 unspecified atom stereocenters. The zero-order valence-corrected chi connectivity index (χ0v) is 10.9. The van der Waals surface area contributed by atoms with Crippen LogP contribution in [0.4, 0.5) is 5.69 Å². The van der Waals surface area contributed by atoms with Crippen molar-refractivity contribution in [2.45, 2.75) is 31.8 Å². The number of para-hydroxylation sites is 2. The topological polar surface area (TPSA) is 24.5 Å². The Bertz CT molecular complexity index is 367. The van der Waals surface area contributed by atoms with Crippen molar-refractivity contribution in [1.82, 2.24) is 5.32 Å². The second-order valence-electron chi connectivity index (χ2n) is 4.72. The van der Waals surface area contributed by atoms with Crippen molar-refractivity contribution in [2.24, 2.45) is 0 Å². The summed E-state index contributed by atoms with van der Waals surface area (Å²) in [6.45, 7) is 3.38. The molecule has 0 aliphatic carbocycles. The smallest absolute Gasteiger partial charge is 0.142 e. The summed E-state index contributed by atoms with van der Waals surface area (Å²) in [6, 6.07) is 9.48. The van der Waals surface area contributed by atoms with E-state index in [1.54, 1.807) is 7.11 Å². The Morgan fingerprint density at radius 3 is 2.76 bits per heavy atom. The van der Waals surface area contributed by atoms with Gasteiger partial charge in [0.2, 0.25) is 0 Å². The molecule has 3 heteroatoms. The number of hydrogen-bond acceptors (Lipinski definition) is 3. The fourth-order valence-corrected chi connectivity index (χ4v) is 2.66. The molecule has 1 aliphatic rings. The number of ether oxygens (including phenoxy) is 1. The first kappa shape index (κ1) is 12.2. The van der Waals surface area contributed by atoms with Gasteiger partial charge in [0.1, 0.15) is 5.75 Å². The van der Waals surface area contributed by atoms with Crippen molar-refractivity contribution in [2.75, 3.05) is 25.6 Å². The number of piperidine rings is 1. The van der Waals surface area contributed by atoms with E-state index in [2.05, 4.69) is 36.3 Å². The van der Waals surface area contributed by atoms with Crippen LogP contribution in [0.25, 0.3) is 0 Å². The van der Waals surface area contributed by atoms with Crippen LogP contribution in [0.15, 0.2) is 24.3 Å². The molecular weight excluding hydrogens is 212 g/mol. The van der Waals surface area contributed by atoms with Crippen molar-refractivity contribution in [1.29, 1.82) is 0 Å². The minimum absolute atomic E-state index is 0.553. The number of hydrogen-bond donors (Lipinski definition) is 1. The Morgan fingerprint density at radius 1 is 1.35 bits per heavy atom. The summed E-state index contributed by atoms with van der Waals surface area (Å²) in [5, 5.41) is 3.38. The third-order valence-corrected chi connectivity index (χ3v) is 3.68. The lowest BCUT2D eigenvalue weighted by atomic mass is 9.97. The van der Waals surface area contributed by atoms with Crippen molar-refractivity contribution in [3.05, 3.63) is 24.3 Å². The van der Waals surface area contributed by atoms with Crippen LogP contribution in [0.3, 0.4) is 0 Å². The van der Waals surface area contributed by atoms with Gasteiger partial charge in [-0.15, -0.1) is 0 Å². The van der Waals surface area contributed by atoms with Crippen molar-refractivity contribution >= 4 is 5.69 Å². The molecule has 1 aromatic carbocycles. The normalized spacial score (nSPS) is 24.8. The van der Waals surface area contributed by atoms with Crippen molar-refractivity contribution in [3.63, 3.8) is 0 Å². The molecular formula is C14H22N2O. The molecule has 0 aromatic heterocycles. The third kappa shape index (κ3) is 2.55. The van der Waals surface area contributed by atoms with Gasteiger partial charge >= 0.3 is 0 Å². The zero-order valence-electron chi connectivity index (χ0n) is 10.9. The van der Waals surface area contributed by atoms with Crippen LogP contribution >= 0.6 is 0 Å². The first-order valence-corrected chi connectivity index (χ1v) is 6.33. The Labute approximate surface area is 104 Å². The number of nitrogens with one attached hydrogen (secondary N) is 1. The highest BCUT2D eigenvalue weighted by Crippen LogP contribution is 2.32. The lowest BCUT2D eigenvalue weighted by Gasteiger charge is -2.39. The maximum absolute atomic E-state index is 5.44. The van der Waals surface area contributed by atoms with Crippen LogP contribution < -0.4 is 15.0 Å². The van der Waals surface area contributed by atoms with Gasteiger partial charge < -0.3 is 15.0 Å². The van der Waals surface area contributed by atoms with Gasteiger partial charge in [-0.1, -0.05) is 12.1 Å². The molecule has 94 valence electrons. The highest BCUT2D eigenvalue weighted by Gasteiger charge is 2.26. The maximum Gasteiger partial charge on any atom is 0.142 e. The van der Waals surface area contributed by atoms with E-state index in [0.29, 0.717) is 12.1 Å². The highest BCUT2D eigenvalue weighted by atomic mass is 16.5. The average molecular weight is 234 g/mol. The summed E-state index contributed by atoms with van der Waals surface area (Å²) in [7, 11) is 3.79. The third-order valence-electron chi connectivity index (χ3n) is 3.68. The summed E-state index contributed by atoms with van der Waals surface area (Å²) >= 11 is 0. The molecule has 3 nitrogen and oxygen atoms in total. The number of benzene rings is 1. The molecule has 1 aliphatic heterocycles. The van der Waals surface area contributed by atoms with Gasteiger partial charge in [0.05, 0.1) is 12.8 Å². The van der Waals surface area contributed by atoms with Gasteiger partial charge in [-0.2, -0.15) is 0 Å². The first-order chi connectivity index (χ1) is 8.26. The molecule has 0 radical (unpaired) electrons. The average Bonchev–Trinajstić information content (AvgIpc) is 2.38. The quantitative estimate of drug-likeness (QED) is 0.868. The van der Waals surface area contributed by atoms with Crippen LogP contribution in [0.1, 0.15) is 19.8 Å². The molecule has 17 heavy (non-hydrogen) atoms. The number of rotatable bonds is 3. The fourth-order valence-electron chi connectivity index (χ4n) is 2.66. The molecule has 0 amide bonds. The van der Waals surface area contributed by atoms with E-state index in [1.165, 1.54) is 18.5 Å². The predicted molar refractivity (Wildman–Crippen MR) is 71.9 cm³/mol. The molecule has 1 saturated heterocycles. The number of anilines is 1. The lowest BCUT2D eigenvalue weighted by Crippen LogP contribution is -2.46. The van der Waals surface area contributed by atoms with E-state index in [4.69, 9.17) is 4.74 Å². The first-order valence-electron chi connectivity index (χ1n) is 6.33. The molecule has 0 saturated carbocycles. The summed E-state index contributed by atoms with van der Waals surface area (Å²) in [4.78, 5) is 2.45. The van der Waals surface area contributed by atoms with E-state index >= 15 is 0 Å². The van der Waals surface area contributed by atoms with E-state index in [-0.39, 0.29) is 0 Å². The van der Waals surface area contributed by atoms with Gasteiger partial charge in [-0.05, 0) is 38.9 Å². The van der Waals surface area contributed by atoms with Crippen LogP contribution in [-0.2, 0) is 0 Å². The standard InChI is InChI=1S/C14H22N2O/c1-11-10-12(15-2)8-9-16(11)13-6-4-5-7-14(13)17-3/h4-7,11-12,15H,8-10H2,1-3H3. The predicted octanol–water partition coefficient (Wildman–Crippen LogP) is 2.27. The number of nitrogens with zero attached hydrogens (tertiary/aromatic N) is 1. The zero-order chi connectivity index (χ0) is 12.3. The van der Waals surface area contributed by atoms with Crippen molar-refractivity contribution in [3.8, 4) is 5.75 Å². The monoisotopic (exact) mass is 234 g/mol. The molecule has 1 fully saturated rings. The Morgan fingerprint density at radius 2 is 2.12 bits per heavy atom. The second-order valence-corrected chi connectivity index (χ2v) is 4.72. The molecule has 1 aromatic rings.